The number of fused-ring (bicyclic) bond motifs is 1. The maximum atomic E-state index is 13.0. The molecule has 0 atom stereocenters. The van der Waals surface area contributed by atoms with Crippen molar-refractivity contribution in [3.63, 3.8) is 0 Å². The van der Waals surface area contributed by atoms with Crippen molar-refractivity contribution in [1.29, 1.82) is 0 Å². The van der Waals surface area contributed by atoms with Gasteiger partial charge in [-0.25, -0.2) is 13.2 Å². The second kappa shape index (κ2) is 8.55. The molecular formula is C21H20N2O5S2. The number of thiophene rings is 1. The fourth-order valence-corrected chi connectivity index (χ4v) is 5.41. The summed E-state index contributed by atoms with van der Waals surface area (Å²) in [5.41, 5.74) is 0. The molecule has 2 aromatic carbocycles. The molecule has 1 aromatic heterocycles. The number of esters is 1. The molecule has 0 saturated carbocycles. The minimum absolute atomic E-state index is 0.194. The quantitative estimate of drug-likeness (QED) is 0.565. The Balaban J connectivity index is 1.36. The molecule has 0 radical (unpaired) electrons. The second-order valence-electron chi connectivity index (χ2n) is 6.85. The van der Waals surface area contributed by atoms with Crippen molar-refractivity contribution in [3.8, 4) is 0 Å². The maximum Gasteiger partial charge on any atom is 0.348 e. The van der Waals surface area contributed by atoms with Crippen molar-refractivity contribution in [2.24, 2.45) is 0 Å². The first kappa shape index (κ1) is 20.5. The van der Waals surface area contributed by atoms with E-state index >= 15 is 0 Å². The van der Waals surface area contributed by atoms with Gasteiger partial charge >= 0.3 is 5.97 Å². The molecule has 4 rings (SSSR count). The molecule has 0 aliphatic carbocycles. The van der Waals surface area contributed by atoms with Crippen molar-refractivity contribution in [3.05, 3.63) is 64.9 Å². The Labute approximate surface area is 178 Å². The van der Waals surface area contributed by atoms with Crippen LogP contribution in [0.2, 0.25) is 0 Å². The van der Waals surface area contributed by atoms with E-state index in [4.69, 9.17) is 4.74 Å². The van der Waals surface area contributed by atoms with E-state index < -0.39 is 16.0 Å². The van der Waals surface area contributed by atoms with Crippen LogP contribution in [0, 0.1) is 0 Å². The number of nitrogens with zero attached hydrogens (tertiary/aromatic N) is 2. The van der Waals surface area contributed by atoms with Crippen LogP contribution in [0.4, 0.5) is 0 Å². The van der Waals surface area contributed by atoms with Crippen LogP contribution >= 0.6 is 11.3 Å². The van der Waals surface area contributed by atoms with E-state index in [9.17, 15) is 18.0 Å². The number of benzene rings is 2. The third-order valence-electron chi connectivity index (χ3n) is 5.00. The first-order chi connectivity index (χ1) is 14.4. The highest BCUT2D eigenvalue weighted by Gasteiger charge is 2.30. The lowest BCUT2D eigenvalue weighted by Gasteiger charge is -2.33. The molecule has 9 heteroatoms. The molecule has 3 aromatic rings. The number of hydrogen-bond donors (Lipinski definition) is 0. The Kier molecular flexibility index (Phi) is 5.85. The summed E-state index contributed by atoms with van der Waals surface area (Å²) < 4.78 is 32.5. The summed E-state index contributed by atoms with van der Waals surface area (Å²) in [6.07, 6.45) is 0. The van der Waals surface area contributed by atoms with Gasteiger partial charge in [0, 0.05) is 26.2 Å². The van der Waals surface area contributed by atoms with Crippen molar-refractivity contribution >= 4 is 44.0 Å². The molecule has 1 saturated heterocycles. The fourth-order valence-electron chi connectivity index (χ4n) is 3.34. The average molecular weight is 445 g/mol. The highest BCUT2D eigenvalue weighted by molar-refractivity contribution is 7.89. The van der Waals surface area contributed by atoms with Crippen LogP contribution in [0.3, 0.4) is 0 Å². The third kappa shape index (κ3) is 4.23. The Morgan fingerprint density at radius 1 is 0.933 bits per heavy atom. The van der Waals surface area contributed by atoms with Crippen molar-refractivity contribution in [2.45, 2.75) is 4.90 Å². The van der Waals surface area contributed by atoms with Crippen LogP contribution in [0.5, 0.6) is 0 Å². The summed E-state index contributed by atoms with van der Waals surface area (Å²) >= 11 is 1.25. The van der Waals surface area contributed by atoms with Gasteiger partial charge in [0.05, 0.1) is 4.90 Å². The lowest BCUT2D eigenvalue weighted by Crippen LogP contribution is -2.51. The lowest BCUT2D eigenvalue weighted by molar-refractivity contribution is -0.135. The number of hydrogen-bond acceptors (Lipinski definition) is 6. The number of carbonyl (C=O) groups is 2. The van der Waals surface area contributed by atoms with E-state index in [0.717, 1.165) is 10.8 Å². The number of amides is 1. The predicted octanol–water partition coefficient (Wildman–Crippen LogP) is 2.59. The molecule has 2 heterocycles. The van der Waals surface area contributed by atoms with E-state index in [-0.39, 0.29) is 43.6 Å². The number of ether oxygens (including phenoxy) is 1. The summed E-state index contributed by atoms with van der Waals surface area (Å²) in [5, 5.41) is 3.59. The molecule has 156 valence electrons. The first-order valence-corrected chi connectivity index (χ1v) is 11.7. The monoisotopic (exact) mass is 444 g/mol. The van der Waals surface area contributed by atoms with Crippen molar-refractivity contribution < 1.29 is 22.7 Å². The van der Waals surface area contributed by atoms with Gasteiger partial charge in [-0.05, 0) is 34.4 Å². The summed E-state index contributed by atoms with van der Waals surface area (Å²) in [6.45, 7) is 0.540. The molecule has 1 amide bonds. The highest BCUT2D eigenvalue weighted by Crippen LogP contribution is 2.23. The predicted molar refractivity (Wildman–Crippen MR) is 114 cm³/mol. The van der Waals surface area contributed by atoms with Gasteiger partial charge in [-0.3, -0.25) is 4.79 Å². The lowest BCUT2D eigenvalue weighted by atomic mass is 10.1. The molecule has 0 bridgehead atoms. The molecule has 1 aliphatic heterocycles. The third-order valence-corrected chi connectivity index (χ3v) is 7.74. The molecule has 1 fully saturated rings. The fraction of sp³-hybridized carbons (Fsp3) is 0.238. The Hall–Kier alpha value is -2.75. The molecule has 30 heavy (non-hydrogen) atoms. The SMILES string of the molecule is O=C(OCC(=O)N1CCN(S(=O)(=O)c2ccc3ccccc3c2)CC1)c1cccs1. The van der Waals surface area contributed by atoms with Crippen molar-refractivity contribution in [2.75, 3.05) is 32.8 Å². The van der Waals surface area contributed by atoms with Gasteiger partial charge in [-0.1, -0.05) is 36.4 Å². The first-order valence-electron chi connectivity index (χ1n) is 9.42. The van der Waals surface area contributed by atoms with Gasteiger partial charge in [0.15, 0.2) is 6.61 Å². The van der Waals surface area contributed by atoms with Gasteiger partial charge in [0.2, 0.25) is 10.0 Å². The van der Waals surface area contributed by atoms with Crippen LogP contribution in [-0.4, -0.2) is 62.3 Å². The number of sulfonamides is 1. The van der Waals surface area contributed by atoms with Crippen molar-refractivity contribution in [1.82, 2.24) is 9.21 Å². The molecule has 0 spiro atoms. The molecule has 0 N–H and O–H groups in total. The Bertz CT molecular complexity index is 1170. The zero-order chi connectivity index (χ0) is 21.1. The van der Waals surface area contributed by atoms with Gasteiger partial charge in [-0.2, -0.15) is 4.31 Å². The Morgan fingerprint density at radius 3 is 2.37 bits per heavy atom. The van der Waals surface area contributed by atoms with Gasteiger partial charge in [0.25, 0.3) is 5.91 Å². The minimum atomic E-state index is -3.65. The highest BCUT2D eigenvalue weighted by atomic mass is 32.2. The van der Waals surface area contributed by atoms with Gasteiger partial charge in [-0.15, -0.1) is 11.3 Å². The zero-order valence-electron chi connectivity index (χ0n) is 16.1. The van der Waals surface area contributed by atoms with Crippen LogP contribution in [-0.2, 0) is 19.6 Å². The summed E-state index contributed by atoms with van der Waals surface area (Å²) in [5.74, 6) is -0.862. The van der Waals surface area contributed by atoms with E-state index in [1.165, 1.54) is 20.5 Å². The van der Waals surface area contributed by atoms with E-state index in [1.54, 1.807) is 35.7 Å². The molecule has 0 unspecified atom stereocenters. The normalized spacial score (nSPS) is 15.3. The van der Waals surface area contributed by atoms with Gasteiger partial charge < -0.3 is 9.64 Å². The van der Waals surface area contributed by atoms with Gasteiger partial charge in [0.1, 0.15) is 4.88 Å². The standard InChI is InChI=1S/C21H20N2O5S2/c24-20(15-28-21(25)19-6-3-13-29-19)22-9-11-23(12-10-22)30(26,27)18-8-7-16-4-1-2-5-17(16)14-18/h1-8,13-14H,9-12,15H2. The number of carbonyl (C=O) groups excluding carboxylic acids is 2. The van der Waals surface area contributed by atoms with E-state index in [2.05, 4.69) is 0 Å². The van der Waals surface area contributed by atoms with E-state index in [0.29, 0.717) is 4.88 Å². The Morgan fingerprint density at radius 2 is 1.67 bits per heavy atom. The number of rotatable bonds is 5. The summed E-state index contributed by atoms with van der Waals surface area (Å²) in [6, 6.07) is 16.0. The maximum absolute atomic E-state index is 13.0. The second-order valence-corrected chi connectivity index (χ2v) is 9.73. The van der Waals surface area contributed by atoms with Crippen LogP contribution in [0.15, 0.2) is 64.9 Å². The van der Waals surface area contributed by atoms with Crippen LogP contribution < -0.4 is 0 Å². The average Bonchev–Trinajstić information content (AvgIpc) is 3.32. The zero-order valence-corrected chi connectivity index (χ0v) is 17.7. The topological polar surface area (TPSA) is 84.0 Å². The van der Waals surface area contributed by atoms with E-state index in [1.807, 2.05) is 24.3 Å². The van der Waals surface area contributed by atoms with Crippen LogP contribution in [0.25, 0.3) is 10.8 Å². The number of piperazine rings is 1. The molecule has 7 nitrogen and oxygen atoms in total. The summed E-state index contributed by atoms with van der Waals surface area (Å²) in [7, 11) is -3.65. The molecule has 1 aliphatic rings. The van der Waals surface area contributed by atoms with Crippen LogP contribution in [0.1, 0.15) is 9.67 Å². The smallest absolute Gasteiger partial charge is 0.348 e. The summed E-state index contributed by atoms with van der Waals surface area (Å²) in [4.78, 5) is 26.4. The largest absolute Gasteiger partial charge is 0.451 e. The molecular weight excluding hydrogens is 424 g/mol. The minimum Gasteiger partial charge on any atom is -0.451 e.